The van der Waals surface area contributed by atoms with E-state index in [1.165, 1.54) is 5.56 Å². The maximum Gasteiger partial charge on any atom is 0.262 e. The van der Waals surface area contributed by atoms with Crippen LogP contribution >= 0.6 is 11.8 Å². The van der Waals surface area contributed by atoms with Gasteiger partial charge in [-0.1, -0.05) is 66.4 Å². The van der Waals surface area contributed by atoms with Crippen molar-refractivity contribution in [1.82, 2.24) is 14.5 Å². The molecule has 0 spiro atoms. The molecule has 4 aromatic rings. The van der Waals surface area contributed by atoms with Crippen LogP contribution < -0.4 is 5.56 Å². The second-order valence-corrected chi connectivity index (χ2v) is 9.88. The second kappa shape index (κ2) is 10.9. The standard InChI is InChI=1S/C29H29N3O2S/c33-27(31-18-6-7-19-31)24-16-14-23(15-17-24)21-35-29-30-26-13-5-4-12-25(26)28(34)32(29)20-8-11-22-9-2-1-3-10-22/h1-5,9-10,12-17H,6-8,11,18-21H2. The molecule has 0 atom stereocenters. The number of likely N-dealkylation sites (tertiary alicyclic amines) is 1. The van der Waals surface area contributed by atoms with Crippen molar-refractivity contribution in [2.45, 2.75) is 43.1 Å². The number of nitrogens with zero attached hydrogens (tertiary/aromatic N) is 3. The molecule has 1 aromatic heterocycles. The van der Waals surface area contributed by atoms with Gasteiger partial charge in [-0.25, -0.2) is 4.98 Å². The highest BCUT2D eigenvalue weighted by molar-refractivity contribution is 7.98. The Kier molecular flexibility index (Phi) is 7.28. The molecule has 3 aromatic carbocycles. The Hall–Kier alpha value is -3.38. The van der Waals surface area contributed by atoms with Crippen molar-refractivity contribution >= 4 is 28.6 Å². The first-order valence-corrected chi connectivity index (χ1v) is 13.2. The number of hydrogen-bond acceptors (Lipinski definition) is 4. The Morgan fingerprint density at radius 1 is 0.857 bits per heavy atom. The molecule has 1 amide bonds. The normalized spacial score (nSPS) is 13.4. The first-order chi connectivity index (χ1) is 17.2. The summed E-state index contributed by atoms with van der Waals surface area (Å²) in [6, 6.07) is 25.7. The van der Waals surface area contributed by atoms with Gasteiger partial charge in [0.1, 0.15) is 0 Å². The molecule has 6 heteroatoms. The van der Waals surface area contributed by atoms with Gasteiger partial charge in [0.05, 0.1) is 10.9 Å². The third kappa shape index (κ3) is 5.49. The monoisotopic (exact) mass is 483 g/mol. The van der Waals surface area contributed by atoms with Crippen LogP contribution in [0.1, 0.15) is 40.7 Å². The summed E-state index contributed by atoms with van der Waals surface area (Å²) in [5, 5.41) is 1.39. The zero-order chi connectivity index (χ0) is 24.0. The predicted molar refractivity (Wildman–Crippen MR) is 142 cm³/mol. The minimum atomic E-state index is 0.0118. The van der Waals surface area contributed by atoms with E-state index >= 15 is 0 Å². The average Bonchev–Trinajstić information content (AvgIpc) is 3.45. The maximum absolute atomic E-state index is 13.3. The summed E-state index contributed by atoms with van der Waals surface area (Å²) in [5.41, 5.74) is 3.85. The smallest absolute Gasteiger partial charge is 0.262 e. The van der Waals surface area contributed by atoms with E-state index in [0.29, 0.717) is 17.7 Å². The third-order valence-corrected chi connectivity index (χ3v) is 7.53. The van der Waals surface area contributed by atoms with E-state index in [9.17, 15) is 9.59 Å². The van der Waals surface area contributed by atoms with Crippen LogP contribution in [0, 0.1) is 0 Å². The number of para-hydroxylation sites is 1. The van der Waals surface area contributed by atoms with Crippen LogP contribution in [0.3, 0.4) is 0 Å². The van der Waals surface area contributed by atoms with Crippen molar-refractivity contribution in [2.75, 3.05) is 13.1 Å². The molecule has 178 valence electrons. The molecule has 1 aliphatic heterocycles. The molecule has 0 bridgehead atoms. The van der Waals surface area contributed by atoms with Crippen molar-refractivity contribution in [2.24, 2.45) is 0 Å². The molecule has 2 heterocycles. The maximum atomic E-state index is 13.3. The van der Waals surface area contributed by atoms with Crippen LogP contribution in [0.15, 0.2) is 88.8 Å². The van der Waals surface area contributed by atoms with Gasteiger partial charge in [0, 0.05) is 31.0 Å². The number of aryl methyl sites for hydroxylation is 1. The van der Waals surface area contributed by atoms with Crippen molar-refractivity contribution in [3.8, 4) is 0 Å². The molecule has 1 aliphatic rings. The summed E-state index contributed by atoms with van der Waals surface area (Å²) in [6.45, 7) is 2.33. The SMILES string of the molecule is O=C(c1ccc(CSc2nc3ccccc3c(=O)n2CCCc2ccccc2)cc1)N1CCCC1. The fourth-order valence-corrected chi connectivity index (χ4v) is 5.52. The average molecular weight is 484 g/mol. The Morgan fingerprint density at radius 3 is 2.34 bits per heavy atom. The quantitative estimate of drug-likeness (QED) is 0.243. The molecule has 5 rings (SSSR count). The van der Waals surface area contributed by atoms with Crippen LogP contribution in [0.5, 0.6) is 0 Å². The number of fused-ring (bicyclic) bond motifs is 1. The molecule has 1 saturated heterocycles. The second-order valence-electron chi connectivity index (χ2n) is 8.94. The fourth-order valence-electron chi connectivity index (χ4n) is 4.54. The van der Waals surface area contributed by atoms with Gasteiger partial charge >= 0.3 is 0 Å². The highest BCUT2D eigenvalue weighted by Crippen LogP contribution is 2.23. The highest BCUT2D eigenvalue weighted by Gasteiger charge is 2.19. The minimum absolute atomic E-state index is 0.0118. The van der Waals surface area contributed by atoms with Gasteiger partial charge in [0.25, 0.3) is 11.5 Å². The summed E-state index contributed by atoms with van der Waals surface area (Å²) in [7, 11) is 0. The van der Waals surface area contributed by atoms with Crippen LogP contribution in [0.25, 0.3) is 10.9 Å². The molecule has 0 saturated carbocycles. The van der Waals surface area contributed by atoms with Crippen molar-refractivity contribution in [3.63, 3.8) is 0 Å². The van der Waals surface area contributed by atoms with E-state index in [1.807, 2.05) is 76.2 Å². The summed E-state index contributed by atoms with van der Waals surface area (Å²) in [6.07, 6.45) is 3.96. The van der Waals surface area contributed by atoms with Crippen LogP contribution in [-0.2, 0) is 18.7 Å². The molecule has 0 N–H and O–H groups in total. The first-order valence-electron chi connectivity index (χ1n) is 12.2. The summed E-state index contributed by atoms with van der Waals surface area (Å²) in [4.78, 5) is 32.7. The van der Waals surface area contributed by atoms with Gasteiger partial charge in [-0.05, 0) is 61.1 Å². The van der Waals surface area contributed by atoms with Gasteiger partial charge in [0.2, 0.25) is 0 Å². The molecule has 0 unspecified atom stereocenters. The predicted octanol–water partition coefficient (Wildman–Crippen LogP) is 5.56. The van der Waals surface area contributed by atoms with Gasteiger partial charge in [-0.2, -0.15) is 0 Å². The summed E-state index contributed by atoms with van der Waals surface area (Å²) in [5.74, 6) is 0.798. The molecular formula is C29H29N3O2S. The number of thioether (sulfide) groups is 1. The van der Waals surface area contributed by atoms with E-state index in [0.717, 1.165) is 60.6 Å². The van der Waals surface area contributed by atoms with E-state index < -0.39 is 0 Å². The Balaban J connectivity index is 1.32. The topological polar surface area (TPSA) is 55.2 Å². The van der Waals surface area contributed by atoms with E-state index in [4.69, 9.17) is 4.98 Å². The molecular weight excluding hydrogens is 454 g/mol. The largest absolute Gasteiger partial charge is 0.339 e. The number of rotatable bonds is 8. The zero-order valence-corrected chi connectivity index (χ0v) is 20.5. The lowest BCUT2D eigenvalue weighted by Crippen LogP contribution is -2.27. The lowest BCUT2D eigenvalue weighted by molar-refractivity contribution is 0.0793. The third-order valence-electron chi connectivity index (χ3n) is 6.48. The van der Waals surface area contributed by atoms with Gasteiger partial charge in [-0.15, -0.1) is 0 Å². The van der Waals surface area contributed by atoms with Gasteiger partial charge in [0.15, 0.2) is 5.16 Å². The lowest BCUT2D eigenvalue weighted by atomic mass is 10.1. The Bertz CT molecular complexity index is 1360. The number of carbonyl (C=O) groups is 1. The molecule has 0 radical (unpaired) electrons. The lowest BCUT2D eigenvalue weighted by Gasteiger charge is -2.15. The molecule has 35 heavy (non-hydrogen) atoms. The van der Waals surface area contributed by atoms with Gasteiger partial charge in [-0.3, -0.25) is 14.2 Å². The summed E-state index contributed by atoms with van der Waals surface area (Å²) < 4.78 is 1.82. The molecule has 5 nitrogen and oxygen atoms in total. The van der Waals surface area contributed by atoms with E-state index in [2.05, 4.69) is 12.1 Å². The molecule has 0 aliphatic carbocycles. The van der Waals surface area contributed by atoms with Crippen LogP contribution in [0.2, 0.25) is 0 Å². The van der Waals surface area contributed by atoms with E-state index in [1.54, 1.807) is 11.8 Å². The minimum Gasteiger partial charge on any atom is -0.339 e. The highest BCUT2D eigenvalue weighted by atomic mass is 32.2. The number of aromatic nitrogens is 2. The Morgan fingerprint density at radius 2 is 1.57 bits per heavy atom. The van der Waals surface area contributed by atoms with Gasteiger partial charge < -0.3 is 4.90 Å². The van der Waals surface area contributed by atoms with Crippen LogP contribution in [0.4, 0.5) is 0 Å². The number of carbonyl (C=O) groups excluding carboxylic acids is 1. The van der Waals surface area contributed by atoms with E-state index in [-0.39, 0.29) is 11.5 Å². The molecule has 1 fully saturated rings. The number of hydrogen-bond donors (Lipinski definition) is 0. The first kappa shape index (κ1) is 23.4. The van der Waals surface area contributed by atoms with Crippen LogP contribution in [-0.4, -0.2) is 33.4 Å². The zero-order valence-electron chi connectivity index (χ0n) is 19.7. The van der Waals surface area contributed by atoms with Crippen molar-refractivity contribution < 1.29 is 4.79 Å². The number of amides is 1. The fraction of sp³-hybridized carbons (Fsp3) is 0.276. The number of benzene rings is 3. The van der Waals surface area contributed by atoms with Crippen molar-refractivity contribution in [3.05, 3.63) is 106 Å². The summed E-state index contributed by atoms with van der Waals surface area (Å²) >= 11 is 1.57. The Labute approximate surface area is 209 Å². The van der Waals surface area contributed by atoms with Crippen molar-refractivity contribution in [1.29, 1.82) is 0 Å².